The Kier molecular flexibility index (Phi) is 5.71. The Bertz CT molecular complexity index is 940. The molecule has 0 fully saturated rings. The molecule has 3 nitrogen and oxygen atoms in total. The van der Waals surface area contributed by atoms with E-state index in [1.165, 1.54) is 6.07 Å². The van der Waals surface area contributed by atoms with Crippen LogP contribution >= 0.6 is 11.6 Å². The molecule has 0 aromatic heterocycles. The second-order valence-electron chi connectivity index (χ2n) is 5.80. The van der Waals surface area contributed by atoms with Gasteiger partial charge in [0.25, 0.3) is 0 Å². The minimum atomic E-state index is -3.81. The second kappa shape index (κ2) is 7.99. The van der Waals surface area contributed by atoms with Crippen molar-refractivity contribution in [1.29, 1.82) is 0 Å². The van der Waals surface area contributed by atoms with Gasteiger partial charge in [-0.3, -0.25) is 0 Å². The molecule has 0 aliphatic carbocycles. The highest BCUT2D eigenvalue weighted by Gasteiger charge is 2.20. The molecule has 0 spiro atoms. The Morgan fingerprint density at radius 3 is 1.92 bits per heavy atom. The van der Waals surface area contributed by atoms with Gasteiger partial charge in [0.1, 0.15) is 5.82 Å². The van der Waals surface area contributed by atoms with Gasteiger partial charge in [0.15, 0.2) is 0 Å². The molecule has 0 heterocycles. The van der Waals surface area contributed by atoms with Crippen molar-refractivity contribution in [3.05, 3.63) is 101 Å². The van der Waals surface area contributed by atoms with Gasteiger partial charge in [-0.25, -0.2) is 17.5 Å². The highest BCUT2D eigenvalue weighted by Crippen LogP contribution is 2.25. The van der Waals surface area contributed by atoms with Gasteiger partial charge in [0, 0.05) is 12.5 Å². The number of hydrogen-bond acceptors (Lipinski definition) is 2. The van der Waals surface area contributed by atoms with E-state index in [0.717, 1.165) is 23.3 Å². The molecule has 0 unspecified atom stereocenters. The third-order valence-corrected chi connectivity index (χ3v) is 5.79. The van der Waals surface area contributed by atoms with Crippen LogP contribution in [-0.2, 0) is 10.0 Å². The Labute approximate surface area is 157 Å². The lowest BCUT2D eigenvalue weighted by molar-refractivity contribution is 0.576. The van der Waals surface area contributed by atoms with Crippen molar-refractivity contribution in [3.63, 3.8) is 0 Å². The van der Waals surface area contributed by atoms with Crippen molar-refractivity contribution >= 4 is 21.6 Å². The molecular weight excluding hydrogens is 373 g/mol. The minimum absolute atomic E-state index is 0.0660. The van der Waals surface area contributed by atoms with Gasteiger partial charge in [-0.05, 0) is 29.3 Å². The lowest BCUT2D eigenvalue weighted by Gasteiger charge is -2.19. The largest absolute Gasteiger partial charge is 0.240 e. The molecule has 0 saturated heterocycles. The van der Waals surface area contributed by atoms with E-state index in [2.05, 4.69) is 4.72 Å². The summed E-state index contributed by atoms with van der Waals surface area (Å²) in [6, 6.07) is 22.7. The van der Waals surface area contributed by atoms with Crippen molar-refractivity contribution in [2.45, 2.75) is 10.8 Å². The average molecular weight is 390 g/mol. The topological polar surface area (TPSA) is 46.2 Å². The van der Waals surface area contributed by atoms with Crippen molar-refractivity contribution in [2.75, 3.05) is 6.54 Å². The van der Waals surface area contributed by atoms with E-state index in [-0.39, 0.29) is 22.4 Å². The van der Waals surface area contributed by atoms with Crippen LogP contribution in [0.3, 0.4) is 0 Å². The summed E-state index contributed by atoms with van der Waals surface area (Å²) in [5.74, 6) is -0.805. The quantitative estimate of drug-likeness (QED) is 0.670. The summed E-state index contributed by atoms with van der Waals surface area (Å²) in [6.07, 6.45) is 0. The Morgan fingerprint density at radius 1 is 0.885 bits per heavy atom. The predicted molar refractivity (Wildman–Crippen MR) is 101 cm³/mol. The average Bonchev–Trinajstić information content (AvgIpc) is 2.66. The SMILES string of the molecule is O=S(=O)(NCC(c1ccccc1)c1ccccc1)c1ccc(F)c(Cl)c1. The van der Waals surface area contributed by atoms with Crippen molar-refractivity contribution < 1.29 is 12.8 Å². The molecule has 0 bridgehead atoms. The molecule has 134 valence electrons. The molecule has 3 aromatic rings. The van der Waals surface area contributed by atoms with Crippen LogP contribution < -0.4 is 4.72 Å². The van der Waals surface area contributed by atoms with Gasteiger partial charge in [-0.15, -0.1) is 0 Å². The molecule has 1 N–H and O–H groups in total. The standard InChI is InChI=1S/C20H17ClFNO2S/c21-19-13-17(11-12-20(19)22)26(24,25)23-14-18(15-7-3-1-4-8-15)16-9-5-2-6-10-16/h1-13,18,23H,14H2. The first-order valence-corrected chi connectivity index (χ1v) is 9.88. The summed E-state index contributed by atoms with van der Waals surface area (Å²) in [6.45, 7) is 0.172. The molecule has 3 rings (SSSR count). The summed E-state index contributed by atoms with van der Waals surface area (Å²) >= 11 is 5.71. The molecule has 0 saturated carbocycles. The number of rotatable bonds is 6. The summed E-state index contributed by atoms with van der Waals surface area (Å²) in [7, 11) is -3.81. The number of hydrogen-bond donors (Lipinski definition) is 1. The molecular formula is C20H17ClFNO2S. The van der Waals surface area contributed by atoms with Gasteiger partial charge in [-0.1, -0.05) is 72.3 Å². The maximum absolute atomic E-state index is 13.3. The van der Waals surface area contributed by atoms with E-state index in [1.54, 1.807) is 0 Å². The van der Waals surface area contributed by atoms with Crippen LogP contribution in [0.25, 0.3) is 0 Å². The number of nitrogens with one attached hydrogen (secondary N) is 1. The molecule has 0 radical (unpaired) electrons. The van der Waals surface area contributed by atoms with E-state index in [4.69, 9.17) is 11.6 Å². The normalized spacial score (nSPS) is 11.7. The van der Waals surface area contributed by atoms with E-state index in [0.29, 0.717) is 0 Å². The fraction of sp³-hybridized carbons (Fsp3) is 0.100. The summed E-state index contributed by atoms with van der Waals surface area (Å²) in [5.41, 5.74) is 2.00. The zero-order chi connectivity index (χ0) is 18.6. The third-order valence-electron chi connectivity index (χ3n) is 4.08. The van der Waals surface area contributed by atoms with Gasteiger partial charge >= 0.3 is 0 Å². The van der Waals surface area contributed by atoms with Gasteiger partial charge < -0.3 is 0 Å². The first kappa shape index (κ1) is 18.6. The van der Waals surface area contributed by atoms with Crippen LogP contribution in [0.2, 0.25) is 5.02 Å². The molecule has 3 aromatic carbocycles. The van der Waals surface area contributed by atoms with Crippen molar-refractivity contribution in [2.24, 2.45) is 0 Å². The molecule has 0 amide bonds. The molecule has 6 heteroatoms. The van der Waals surface area contributed by atoms with E-state index < -0.39 is 15.8 Å². The third kappa shape index (κ3) is 4.30. The van der Waals surface area contributed by atoms with Crippen LogP contribution in [-0.4, -0.2) is 15.0 Å². The Morgan fingerprint density at radius 2 is 1.42 bits per heavy atom. The van der Waals surface area contributed by atoms with E-state index >= 15 is 0 Å². The highest BCUT2D eigenvalue weighted by molar-refractivity contribution is 7.89. The Hall–Kier alpha value is -2.21. The first-order valence-electron chi connectivity index (χ1n) is 8.02. The lowest BCUT2D eigenvalue weighted by Crippen LogP contribution is -2.29. The number of halogens is 2. The van der Waals surface area contributed by atoms with E-state index in [1.807, 2.05) is 60.7 Å². The molecule has 0 atom stereocenters. The van der Waals surface area contributed by atoms with Gasteiger partial charge in [0.2, 0.25) is 10.0 Å². The number of benzene rings is 3. The van der Waals surface area contributed by atoms with Crippen LogP contribution in [0.15, 0.2) is 83.8 Å². The maximum Gasteiger partial charge on any atom is 0.240 e. The van der Waals surface area contributed by atoms with Crippen LogP contribution in [0, 0.1) is 5.82 Å². The van der Waals surface area contributed by atoms with Crippen molar-refractivity contribution in [3.8, 4) is 0 Å². The monoisotopic (exact) mass is 389 g/mol. The molecule has 0 aliphatic heterocycles. The minimum Gasteiger partial charge on any atom is -0.210 e. The maximum atomic E-state index is 13.3. The Balaban J connectivity index is 1.87. The van der Waals surface area contributed by atoms with Crippen molar-refractivity contribution in [1.82, 2.24) is 4.72 Å². The zero-order valence-electron chi connectivity index (χ0n) is 13.8. The van der Waals surface area contributed by atoms with Gasteiger partial charge in [-0.2, -0.15) is 0 Å². The van der Waals surface area contributed by atoms with Crippen LogP contribution in [0.5, 0.6) is 0 Å². The van der Waals surface area contributed by atoms with Gasteiger partial charge in [0.05, 0.1) is 9.92 Å². The number of sulfonamides is 1. The van der Waals surface area contributed by atoms with Crippen LogP contribution in [0.1, 0.15) is 17.0 Å². The summed E-state index contributed by atoms with van der Waals surface area (Å²) < 4.78 is 41.0. The fourth-order valence-electron chi connectivity index (χ4n) is 2.72. The highest BCUT2D eigenvalue weighted by atomic mass is 35.5. The van der Waals surface area contributed by atoms with E-state index in [9.17, 15) is 12.8 Å². The summed E-state index contributed by atoms with van der Waals surface area (Å²) in [5, 5.41) is -0.226. The fourth-order valence-corrected chi connectivity index (χ4v) is 4.04. The first-order chi connectivity index (χ1) is 12.5. The summed E-state index contributed by atoms with van der Waals surface area (Å²) in [4.78, 5) is -0.0660. The molecule has 0 aliphatic rings. The lowest BCUT2D eigenvalue weighted by atomic mass is 9.92. The van der Waals surface area contributed by atoms with Crippen LogP contribution in [0.4, 0.5) is 4.39 Å². The predicted octanol–water partition coefficient (Wildman–Crippen LogP) is 4.59. The second-order valence-corrected chi connectivity index (χ2v) is 7.98. The molecule has 26 heavy (non-hydrogen) atoms. The smallest absolute Gasteiger partial charge is 0.210 e. The zero-order valence-corrected chi connectivity index (χ0v) is 15.3.